The van der Waals surface area contributed by atoms with Gasteiger partial charge in [-0.05, 0) is 6.92 Å². The lowest BCUT2D eigenvalue weighted by molar-refractivity contribution is -0.387. The normalized spacial score (nSPS) is 54.3. The molecular formula is C34H58O28. The minimum absolute atomic E-state index is 0.398. The second-order valence-electron chi connectivity index (χ2n) is 15.8. The highest BCUT2D eigenvalue weighted by molar-refractivity contribution is 4.98. The Labute approximate surface area is 350 Å². The average Bonchev–Trinajstić information content (AvgIpc) is 3.25. The summed E-state index contributed by atoms with van der Waals surface area (Å²) in [6, 6.07) is 0. The largest absolute Gasteiger partial charge is 0.394 e. The molecule has 6 fully saturated rings. The number of rotatable bonds is 13. The molecule has 0 aromatic carbocycles. The number of aliphatic hydroxyl groups is 17. The van der Waals surface area contributed by atoms with Crippen LogP contribution < -0.4 is 0 Å². The summed E-state index contributed by atoms with van der Waals surface area (Å²) in [5.41, 5.74) is 0. The molecule has 28 atom stereocenters. The maximum absolute atomic E-state index is 11.1. The summed E-state index contributed by atoms with van der Waals surface area (Å²) < 4.78 is 60.5. The topological polar surface area (TPSA) is 445 Å². The first-order valence-electron chi connectivity index (χ1n) is 19.8. The van der Waals surface area contributed by atoms with Crippen molar-refractivity contribution >= 4 is 0 Å². The first-order valence-corrected chi connectivity index (χ1v) is 19.8. The molecule has 6 saturated heterocycles. The molecule has 0 amide bonds. The molecule has 28 heteroatoms. The Hall–Kier alpha value is -1.12. The fourth-order valence-electron chi connectivity index (χ4n) is 7.87. The Morgan fingerprint density at radius 1 is 0.355 bits per heavy atom. The summed E-state index contributed by atoms with van der Waals surface area (Å²) in [6.07, 6.45) is -48.2. The molecule has 0 saturated carbocycles. The van der Waals surface area contributed by atoms with E-state index >= 15 is 0 Å². The Balaban J connectivity index is 1.02. The quantitative estimate of drug-likeness (QED) is 0.0815. The molecule has 6 rings (SSSR count). The molecule has 0 bridgehead atoms. The average molecular weight is 915 g/mol. The van der Waals surface area contributed by atoms with Gasteiger partial charge in [0.15, 0.2) is 37.7 Å². The molecule has 0 aliphatic carbocycles. The van der Waals surface area contributed by atoms with E-state index in [1.807, 2.05) is 0 Å². The van der Waals surface area contributed by atoms with E-state index in [1.54, 1.807) is 0 Å². The van der Waals surface area contributed by atoms with E-state index in [4.69, 9.17) is 52.1 Å². The van der Waals surface area contributed by atoms with E-state index in [-0.39, 0.29) is 0 Å². The zero-order chi connectivity index (χ0) is 45.5. The lowest BCUT2D eigenvalue weighted by Crippen LogP contribution is -2.67. The number of hydrogen-bond acceptors (Lipinski definition) is 28. The van der Waals surface area contributed by atoms with Crippen molar-refractivity contribution in [2.24, 2.45) is 0 Å². The standard InChI is InChI=1S/C34H58O28/c1-7-26(17(42)23(48)31(54-7)58-11-5-52-29(51)20(45)14(11)39)60-30-21(46)15(40)12(6-53-30)59-32-24(49)18(43)27(9(3-36)56-32)62-34-25(50)19(44)28(10(4-37)57-34)61-33-22(47)16(41)13(38)8(2-35)55-33/h7-51H,2-6H2,1H3. The summed E-state index contributed by atoms with van der Waals surface area (Å²) >= 11 is 0. The summed E-state index contributed by atoms with van der Waals surface area (Å²) in [5.74, 6) is 0. The van der Waals surface area contributed by atoms with Crippen LogP contribution in [-0.4, -0.2) is 292 Å². The smallest absolute Gasteiger partial charge is 0.187 e. The van der Waals surface area contributed by atoms with Crippen molar-refractivity contribution in [3.05, 3.63) is 0 Å². The van der Waals surface area contributed by atoms with Crippen molar-refractivity contribution in [2.75, 3.05) is 33.0 Å². The van der Waals surface area contributed by atoms with Crippen molar-refractivity contribution in [2.45, 2.75) is 179 Å². The summed E-state index contributed by atoms with van der Waals surface area (Å²) in [6.45, 7) is -2.24. The van der Waals surface area contributed by atoms with E-state index in [0.29, 0.717) is 0 Å². The fourth-order valence-corrected chi connectivity index (χ4v) is 7.87. The van der Waals surface area contributed by atoms with Crippen molar-refractivity contribution in [3.8, 4) is 0 Å². The highest BCUT2D eigenvalue weighted by atomic mass is 16.8. The van der Waals surface area contributed by atoms with Gasteiger partial charge in [-0.15, -0.1) is 0 Å². The molecule has 0 aromatic rings. The molecule has 0 aromatic heterocycles. The van der Waals surface area contributed by atoms with Crippen LogP contribution >= 0.6 is 0 Å². The van der Waals surface area contributed by atoms with Crippen LogP contribution in [0.15, 0.2) is 0 Å². The van der Waals surface area contributed by atoms with Gasteiger partial charge < -0.3 is 139 Å². The van der Waals surface area contributed by atoms with Crippen molar-refractivity contribution in [1.29, 1.82) is 0 Å². The van der Waals surface area contributed by atoms with Gasteiger partial charge in [0.2, 0.25) is 0 Å². The zero-order valence-corrected chi connectivity index (χ0v) is 32.8. The van der Waals surface area contributed by atoms with Crippen molar-refractivity contribution < 1.29 is 139 Å². The maximum atomic E-state index is 11.1. The third-order valence-electron chi connectivity index (χ3n) is 11.6. The van der Waals surface area contributed by atoms with Crippen LogP contribution in [0.5, 0.6) is 0 Å². The summed E-state index contributed by atoms with van der Waals surface area (Å²) in [5, 5.41) is 177. The molecule has 28 nitrogen and oxygen atoms in total. The van der Waals surface area contributed by atoms with Gasteiger partial charge in [-0.25, -0.2) is 0 Å². The van der Waals surface area contributed by atoms with Crippen LogP contribution in [-0.2, 0) is 52.1 Å². The molecule has 17 N–H and O–H groups in total. The van der Waals surface area contributed by atoms with E-state index in [0.717, 1.165) is 0 Å². The van der Waals surface area contributed by atoms with Crippen LogP contribution in [0, 0.1) is 0 Å². The first-order chi connectivity index (χ1) is 29.3. The monoisotopic (exact) mass is 914 g/mol. The predicted octanol–water partition coefficient (Wildman–Crippen LogP) is -11.8. The van der Waals surface area contributed by atoms with Gasteiger partial charge in [-0.1, -0.05) is 0 Å². The van der Waals surface area contributed by atoms with Gasteiger partial charge in [-0.3, -0.25) is 0 Å². The first kappa shape index (κ1) is 50.3. The number of hydrogen-bond donors (Lipinski definition) is 17. The Morgan fingerprint density at radius 2 is 0.726 bits per heavy atom. The van der Waals surface area contributed by atoms with Crippen molar-refractivity contribution in [1.82, 2.24) is 0 Å². The highest BCUT2D eigenvalue weighted by Gasteiger charge is 2.55. The van der Waals surface area contributed by atoms with Crippen LogP contribution in [0.2, 0.25) is 0 Å². The highest BCUT2D eigenvalue weighted by Crippen LogP contribution is 2.35. The van der Waals surface area contributed by atoms with Crippen molar-refractivity contribution in [3.63, 3.8) is 0 Å². The minimum Gasteiger partial charge on any atom is -0.394 e. The third-order valence-corrected chi connectivity index (χ3v) is 11.6. The third kappa shape index (κ3) is 10.2. The second kappa shape index (κ2) is 21.2. The SMILES string of the molecule is CC1OC(OC2COC(O)C(O)C2O)C(O)C(O)C1OC1OCC(OC2OC(CO)C(OC3OC(CO)C(OC4OC(CO)C(O)C(O)C4O)C(O)C3O)C(O)C2O)C(O)C1O. The lowest BCUT2D eigenvalue weighted by atomic mass is 9.96. The van der Waals surface area contributed by atoms with Gasteiger partial charge in [0, 0.05) is 0 Å². The van der Waals surface area contributed by atoms with Crippen LogP contribution in [0.25, 0.3) is 0 Å². The Bertz CT molecular complexity index is 1380. The van der Waals surface area contributed by atoms with E-state index in [9.17, 15) is 86.8 Å². The summed E-state index contributed by atoms with van der Waals surface area (Å²) in [7, 11) is 0. The molecule has 0 spiro atoms. The van der Waals surface area contributed by atoms with Gasteiger partial charge in [-0.2, -0.15) is 0 Å². The predicted molar refractivity (Wildman–Crippen MR) is 186 cm³/mol. The molecule has 6 heterocycles. The van der Waals surface area contributed by atoms with E-state index in [2.05, 4.69) is 0 Å². The van der Waals surface area contributed by atoms with E-state index < -0.39 is 205 Å². The molecule has 62 heavy (non-hydrogen) atoms. The van der Waals surface area contributed by atoms with Gasteiger partial charge in [0.1, 0.15) is 128 Å². The maximum Gasteiger partial charge on any atom is 0.187 e. The van der Waals surface area contributed by atoms with Crippen LogP contribution in [0.3, 0.4) is 0 Å². The summed E-state index contributed by atoms with van der Waals surface area (Å²) in [4.78, 5) is 0. The Kier molecular flexibility index (Phi) is 17.2. The van der Waals surface area contributed by atoms with Gasteiger partial charge in [0.05, 0.1) is 39.1 Å². The molecular weight excluding hydrogens is 856 g/mol. The van der Waals surface area contributed by atoms with Crippen LogP contribution in [0.1, 0.15) is 6.92 Å². The molecule has 6 aliphatic rings. The number of aliphatic hydroxyl groups excluding tert-OH is 17. The van der Waals surface area contributed by atoms with Gasteiger partial charge in [0.25, 0.3) is 0 Å². The lowest BCUT2D eigenvalue weighted by Gasteiger charge is -2.48. The Morgan fingerprint density at radius 3 is 1.23 bits per heavy atom. The molecule has 28 unspecified atom stereocenters. The van der Waals surface area contributed by atoms with E-state index in [1.165, 1.54) is 6.92 Å². The minimum atomic E-state index is -2.06. The fraction of sp³-hybridized carbons (Fsp3) is 1.00. The molecule has 6 aliphatic heterocycles. The zero-order valence-electron chi connectivity index (χ0n) is 32.8. The molecule has 0 radical (unpaired) electrons. The number of ether oxygens (including phenoxy) is 11. The van der Waals surface area contributed by atoms with Crippen LogP contribution in [0.4, 0.5) is 0 Å². The second-order valence-corrected chi connectivity index (χ2v) is 15.8. The molecule has 362 valence electrons. The van der Waals surface area contributed by atoms with Gasteiger partial charge >= 0.3 is 0 Å².